The molecule has 0 radical (unpaired) electrons. The van der Waals surface area contributed by atoms with Gasteiger partial charge < -0.3 is 48.1 Å². The van der Waals surface area contributed by atoms with Gasteiger partial charge in [-0.1, -0.05) is 60.5 Å². The van der Waals surface area contributed by atoms with Crippen LogP contribution in [0.1, 0.15) is 145 Å². The summed E-state index contributed by atoms with van der Waals surface area (Å²) in [5.41, 5.74) is -1.13. The normalized spacial score (nSPS) is 33.3. The molecule has 61 heavy (non-hydrogen) atoms. The van der Waals surface area contributed by atoms with Crippen LogP contribution in [-0.2, 0) is 57.1 Å². The minimum atomic E-state index is -2.28. The number of aliphatic hydroxyl groups is 2. The van der Waals surface area contributed by atoms with Gasteiger partial charge in [0, 0.05) is 50.2 Å². The van der Waals surface area contributed by atoms with E-state index in [0.717, 1.165) is 63.9 Å². The summed E-state index contributed by atoms with van der Waals surface area (Å²) in [4.78, 5) is 49.8. The van der Waals surface area contributed by atoms with Crippen molar-refractivity contribution in [2.24, 2.45) is 23.2 Å². The van der Waals surface area contributed by atoms with E-state index in [2.05, 4.69) is 20.8 Å². The molecule has 0 amide bonds. The lowest BCUT2D eigenvalue weighted by Crippen LogP contribution is -2.62. The third kappa shape index (κ3) is 14.1. The topological polar surface area (TPSA) is 183 Å². The average molecular weight is 865 g/mol. The molecule has 0 aromatic heterocycles. The maximum absolute atomic E-state index is 13.6. The van der Waals surface area contributed by atoms with Crippen molar-refractivity contribution >= 4 is 24.2 Å². The van der Waals surface area contributed by atoms with Crippen molar-refractivity contribution in [2.45, 2.75) is 206 Å². The van der Waals surface area contributed by atoms with Crippen LogP contribution in [0.2, 0.25) is 0 Å². The molecular weight excluding hydrogens is 789 g/mol. The number of esters is 3. The fourth-order valence-electron chi connectivity index (χ4n) is 9.67. The maximum Gasteiger partial charge on any atom is 0.330 e. The molecule has 14 heteroatoms. The summed E-state index contributed by atoms with van der Waals surface area (Å²) < 4.78 is 48.8. The first kappa shape index (κ1) is 50.9. The molecule has 12 atom stereocenters. The number of allylic oxidation sites excluding steroid dienone is 1. The van der Waals surface area contributed by atoms with E-state index in [1.165, 1.54) is 32.6 Å². The molecule has 14 nitrogen and oxygen atoms in total. The lowest BCUT2D eigenvalue weighted by atomic mass is 9.72. The van der Waals surface area contributed by atoms with Crippen LogP contribution < -0.4 is 0 Å². The number of carbonyl (C=O) groups is 4. The summed E-state index contributed by atoms with van der Waals surface area (Å²) in [5, 5.41) is 23.5. The van der Waals surface area contributed by atoms with Crippen LogP contribution in [0.3, 0.4) is 0 Å². The van der Waals surface area contributed by atoms with Gasteiger partial charge in [-0.2, -0.15) is 0 Å². The van der Waals surface area contributed by atoms with Gasteiger partial charge >= 0.3 is 17.9 Å². The molecule has 4 rings (SSSR count). The first-order valence-corrected chi connectivity index (χ1v) is 22.8. The van der Waals surface area contributed by atoms with Crippen LogP contribution in [0.25, 0.3) is 0 Å². The van der Waals surface area contributed by atoms with Gasteiger partial charge in [-0.05, 0) is 81.8 Å². The van der Waals surface area contributed by atoms with E-state index < -0.39 is 65.4 Å². The Bertz CT molecular complexity index is 1490. The Balaban J connectivity index is 1.44. The van der Waals surface area contributed by atoms with Crippen molar-refractivity contribution in [1.82, 2.24) is 0 Å². The fourth-order valence-corrected chi connectivity index (χ4v) is 9.67. The molecule has 3 aliphatic heterocycles. The summed E-state index contributed by atoms with van der Waals surface area (Å²) in [6, 6.07) is 0. The molecular formula is C47H76O14. The Kier molecular flexibility index (Phi) is 19.4. The number of hydrogen-bond acceptors (Lipinski definition) is 14. The third-order valence-electron chi connectivity index (χ3n) is 13.0. The third-order valence-corrected chi connectivity index (χ3v) is 13.0. The number of aldehydes is 1. The summed E-state index contributed by atoms with van der Waals surface area (Å²) in [6.45, 7) is 16.1. The zero-order valence-corrected chi connectivity index (χ0v) is 38.3. The van der Waals surface area contributed by atoms with E-state index in [1.807, 2.05) is 6.92 Å². The van der Waals surface area contributed by atoms with Gasteiger partial charge in [0.15, 0.2) is 11.9 Å². The molecule has 3 heterocycles. The van der Waals surface area contributed by atoms with Crippen LogP contribution in [0.4, 0.5) is 0 Å². The average Bonchev–Trinajstić information content (AvgIpc) is 3.18. The van der Waals surface area contributed by atoms with Gasteiger partial charge in [-0.25, -0.2) is 4.79 Å². The molecule has 1 spiro atoms. The number of carbonyl (C=O) groups excluding carboxylic acids is 4. The number of aliphatic hydroxyl groups excluding tert-OH is 1. The van der Waals surface area contributed by atoms with Crippen molar-refractivity contribution in [2.75, 3.05) is 20.3 Å². The Morgan fingerprint density at radius 2 is 1.74 bits per heavy atom. The van der Waals surface area contributed by atoms with E-state index in [9.17, 15) is 29.4 Å². The van der Waals surface area contributed by atoms with Gasteiger partial charge in [0.1, 0.15) is 12.4 Å². The second-order valence-electron chi connectivity index (χ2n) is 18.8. The van der Waals surface area contributed by atoms with Crippen molar-refractivity contribution in [3.05, 3.63) is 23.8 Å². The van der Waals surface area contributed by atoms with Crippen molar-refractivity contribution in [3.8, 4) is 0 Å². The Hall–Kier alpha value is -2.72. The standard InChI is InChI=1S/C47H76O14/c1-10-11-21-55-32(5)41(28-39-23-34(24-42(51)54-9)44(57-33(6)49)47(53,61-39)45(7,8)19-13-20-48)59-43(52)26-35(50)25-36-14-12-15-37(58-36)27-38-18-22-56-46(60-38)29-31(4)16-17-40(46)30(2)3/h13,19-20,24,30-32,35-41,44,50,53H,10-12,14-18,21-23,25-29H2,1-9H3/b19-13+,34-24+/t31-,32-,35-,36+,37-,38+,39+,40+,41-,44+,46+,47-/m1/s1. The molecule has 4 aliphatic rings. The number of rotatable bonds is 20. The Labute approximate surface area is 363 Å². The van der Waals surface area contributed by atoms with Crippen LogP contribution in [0.5, 0.6) is 0 Å². The highest BCUT2D eigenvalue weighted by molar-refractivity contribution is 5.83. The Morgan fingerprint density at radius 3 is 2.41 bits per heavy atom. The summed E-state index contributed by atoms with van der Waals surface area (Å²) in [5.74, 6) is -3.57. The molecule has 0 unspecified atom stereocenters. The lowest BCUT2D eigenvalue weighted by Gasteiger charge is -2.51. The predicted octanol–water partition coefficient (Wildman–Crippen LogP) is 6.85. The van der Waals surface area contributed by atoms with Gasteiger partial charge in [-0.3, -0.25) is 14.4 Å². The van der Waals surface area contributed by atoms with Gasteiger partial charge in [0.25, 0.3) is 0 Å². The minimum Gasteiger partial charge on any atom is -0.466 e. The highest BCUT2D eigenvalue weighted by Gasteiger charge is 2.57. The van der Waals surface area contributed by atoms with Crippen molar-refractivity contribution in [1.29, 1.82) is 0 Å². The van der Waals surface area contributed by atoms with Crippen molar-refractivity contribution in [3.63, 3.8) is 0 Å². The van der Waals surface area contributed by atoms with E-state index in [1.54, 1.807) is 20.8 Å². The number of methoxy groups -OCH3 is 1. The number of ether oxygens (including phenoxy) is 8. The monoisotopic (exact) mass is 865 g/mol. The highest BCUT2D eigenvalue weighted by Crippen LogP contribution is 2.48. The molecule has 0 aromatic rings. The summed E-state index contributed by atoms with van der Waals surface area (Å²) in [7, 11) is 1.20. The first-order valence-electron chi connectivity index (χ1n) is 22.8. The first-order chi connectivity index (χ1) is 28.8. The Morgan fingerprint density at radius 1 is 1.00 bits per heavy atom. The maximum atomic E-state index is 13.6. The van der Waals surface area contributed by atoms with Gasteiger partial charge in [-0.15, -0.1) is 0 Å². The van der Waals surface area contributed by atoms with Crippen LogP contribution in [-0.4, -0.2) is 115 Å². The number of unbranched alkanes of at least 4 members (excludes halogenated alkanes) is 1. The molecule has 1 saturated carbocycles. The number of hydrogen-bond donors (Lipinski definition) is 2. The van der Waals surface area contributed by atoms with Gasteiger partial charge in [0.05, 0.1) is 56.8 Å². The molecule has 0 aromatic carbocycles. The zero-order chi connectivity index (χ0) is 45.0. The second kappa shape index (κ2) is 23.3. The predicted molar refractivity (Wildman–Crippen MR) is 226 cm³/mol. The SMILES string of the molecule is CCCCO[C@H](C)[C@@H](C[C@@H]1C/C(=C\C(=O)OC)[C@H](OC(C)=O)[C@](O)(C(C)(C)/C=C/C=O)O1)OC(=O)C[C@H](O)C[C@@H]1CCC[C@H](C[C@@H]2CCO[C@@]3(C[C@H](C)CC[C@H]3C(C)C)O2)O1. The van der Waals surface area contributed by atoms with Crippen LogP contribution in [0.15, 0.2) is 23.8 Å². The second-order valence-corrected chi connectivity index (χ2v) is 18.8. The summed E-state index contributed by atoms with van der Waals surface area (Å²) in [6.07, 6.45) is 8.31. The minimum absolute atomic E-state index is 0.00128. The highest BCUT2D eigenvalue weighted by atomic mass is 16.7. The largest absolute Gasteiger partial charge is 0.466 e. The fraction of sp³-hybridized carbons (Fsp3) is 0.830. The van der Waals surface area contributed by atoms with E-state index in [0.29, 0.717) is 37.3 Å². The van der Waals surface area contributed by atoms with Crippen LogP contribution in [0, 0.1) is 23.2 Å². The van der Waals surface area contributed by atoms with E-state index in [-0.39, 0.29) is 49.6 Å². The molecule has 348 valence electrons. The lowest BCUT2D eigenvalue weighted by molar-refractivity contribution is -0.342. The molecule has 0 bridgehead atoms. The molecule has 2 N–H and O–H groups in total. The van der Waals surface area contributed by atoms with Gasteiger partial charge in [0.2, 0.25) is 5.79 Å². The quantitative estimate of drug-likeness (QED) is 0.0426. The van der Waals surface area contributed by atoms with Crippen LogP contribution >= 0.6 is 0 Å². The van der Waals surface area contributed by atoms with E-state index >= 15 is 0 Å². The molecule has 3 saturated heterocycles. The smallest absolute Gasteiger partial charge is 0.330 e. The molecule has 4 fully saturated rings. The zero-order valence-electron chi connectivity index (χ0n) is 38.3. The van der Waals surface area contributed by atoms with Crippen molar-refractivity contribution < 1.29 is 67.3 Å². The van der Waals surface area contributed by atoms with E-state index in [4.69, 9.17) is 37.9 Å². The molecule has 1 aliphatic carbocycles. The summed E-state index contributed by atoms with van der Waals surface area (Å²) >= 11 is 0.